The van der Waals surface area contributed by atoms with Crippen LogP contribution < -0.4 is 0 Å². The molecule has 0 saturated carbocycles. The molecule has 1 heteroatoms. The predicted molar refractivity (Wildman–Crippen MR) is 54.1 cm³/mol. The van der Waals surface area contributed by atoms with Crippen LogP contribution >= 0.6 is 0 Å². The summed E-state index contributed by atoms with van der Waals surface area (Å²) in [5, 5.41) is 0. The summed E-state index contributed by atoms with van der Waals surface area (Å²) in [6.07, 6.45) is 2.78. The van der Waals surface area contributed by atoms with Gasteiger partial charge in [0.05, 0.1) is 26.2 Å². The van der Waals surface area contributed by atoms with Gasteiger partial charge in [0.15, 0.2) is 0 Å². The fourth-order valence-electron chi connectivity index (χ4n) is 1.87. The summed E-state index contributed by atoms with van der Waals surface area (Å²) in [4.78, 5) is 0. The topological polar surface area (TPSA) is 0 Å². The van der Waals surface area contributed by atoms with Gasteiger partial charge in [-0.3, -0.25) is 0 Å². The molecular weight excluding hydrogens is 146 g/mol. The van der Waals surface area contributed by atoms with Crippen molar-refractivity contribution in [3.05, 3.63) is 0 Å². The number of piperidine rings is 1. The summed E-state index contributed by atoms with van der Waals surface area (Å²) in [6.45, 7) is 12.2. The van der Waals surface area contributed by atoms with Gasteiger partial charge in [-0.05, 0) is 19.3 Å². The van der Waals surface area contributed by atoms with E-state index in [1.165, 1.54) is 30.4 Å². The molecular formula is C11H24N+. The Hall–Kier alpha value is -0.0400. The lowest BCUT2D eigenvalue weighted by Gasteiger charge is -2.46. The predicted octanol–water partition coefficient (Wildman–Crippen LogP) is 2.66. The molecule has 0 N–H and O–H groups in total. The van der Waals surface area contributed by atoms with Crippen molar-refractivity contribution in [1.82, 2.24) is 0 Å². The van der Waals surface area contributed by atoms with Gasteiger partial charge in [-0.1, -0.05) is 13.8 Å². The van der Waals surface area contributed by atoms with Crippen molar-refractivity contribution < 1.29 is 4.48 Å². The van der Waals surface area contributed by atoms with Gasteiger partial charge >= 0.3 is 0 Å². The minimum atomic E-state index is 0.604. The molecule has 0 atom stereocenters. The van der Waals surface area contributed by atoms with Crippen molar-refractivity contribution in [3.63, 3.8) is 0 Å². The molecule has 1 fully saturated rings. The molecule has 12 heavy (non-hydrogen) atoms. The van der Waals surface area contributed by atoms with Gasteiger partial charge in [0.1, 0.15) is 0 Å². The maximum absolute atomic E-state index is 2.40. The molecule has 0 aromatic rings. The van der Waals surface area contributed by atoms with Gasteiger partial charge in [-0.15, -0.1) is 0 Å². The zero-order valence-electron chi connectivity index (χ0n) is 9.35. The molecule has 1 aliphatic heterocycles. The van der Waals surface area contributed by atoms with Gasteiger partial charge in [0.25, 0.3) is 0 Å². The van der Waals surface area contributed by atoms with E-state index in [0.717, 1.165) is 6.04 Å². The molecule has 0 unspecified atom stereocenters. The van der Waals surface area contributed by atoms with E-state index >= 15 is 0 Å². The normalized spacial score (nSPS) is 27.5. The van der Waals surface area contributed by atoms with Crippen LogP contribution in [-0.4, -0.2) is 30.7 Å². The van der Waals surface area contributed by atoms with Crippen LogP contribution in [0.15, 0.2) is 0 Å². The highest BCUT2D eigenvalue weighted by Gasteiger charge is 2.35. The third kappa shape index (κ3) is 2.01. The molecule has 0 aliphatic carbocycles. The zero-order chi connectivity index (χ0) is 9.41. The molecule has 0 aromatic heterocycles. The molecule has 0 aromatic carbocycles. The SMILES string of the molecule is CC(C)[N+]1(C)CCC(C)(C)CC1. The summed E-state index contributed by atoms with van der Waals surface area (Å²) in [7, 11) is 2.40. The number of hydrogen-bond donors (Lipinski definition) is 0. The monoisotopic (exact) mass is 170 g/mol. The van der Waals surface area contributed by atoms with E-state index in [0.29, 0.717) is 5.41 Å². The summed E-state index contributed by atoms with van der Waals surface area (Å²) in [6, 6.07) is 0.793. The summed E-state index contributed by atoms with van der Waals surface area (Å²) < 4.78 is 1.28. The summed E-state index contributed by atoms with van der Waals surface area (Å²) in [5.41, 5.74) is 0.604. The van der Waals surface area contributed by atoms with Gasteiger partial charge in [0.2, 0.25) is 0 Å². The van der Waals surface area contributed by atoms with Crippen LogP contribution in [0.25, 0.3) is 0 Å². The first kappa shape index (κ1) is 10.0. The van der Waals surface area contributed by atoms with Crippen LogP contribution in [-0.2, 0) is 0 Å². The van der Waals surface area contributed by atoms with E-state index in [1.54, 1.807) is 0 Å². The minimum absolute atomic E-state index is 0.604. The lowest BCUT2D eigenvalue weighted by molar-refractivity contribution is -0.936. The molecule has 0 bridgehead atoms. The Morgan fingerprint density at radius 3 is 1.83 bits per heavy atom. The first-order valence-corrected chi connectivity index (χ1v) is 5.20. The van der Waals surface area contributed by atoms with Crippen molar-refractivity contribution >= 4 is 0 Å². The number of quaternary nitrogens is 1. The van der Waals surface area contributed by atoms with E-state index in [-0.39, 0.29) is 0 Å². The average molecular weight is 170 g/mol. The molecule has 72 valence electrons. The van der Waals surface area contributed by atoms with Gasteiger partial charge < -0.3 is 4.48 Å². The molecule has 1 heterocycles. The number of rotatable bonds is 1. The van der Waals surface area contributed by atoms with Gasteiger partial charge in [-0.2, -0.15) is 0 Å². The Balaban J connectivity index is 2.55. The van der Waals surface area contributed by atoms with E-state index in [4.69, 9.17) is 0 Å². The molecule has 0 amide bonds. The van der Waals surface area contributed by atoms with Crippen molar-refractivity contribution in [1.29, 1.82) is 0 Å². The highest BCUT2D eigenvalue weighted by atomic mass is 15.4. The number of nitrogens with zero attached hydrogens (tertiary/aromatic N) is 1. The first-order chi connectivity index (χ1) is 5.36. The number of hydrogen-bond acceptors (Lipinski definition) is 0. The fraction of sp³-hybridized carbons (Fsp3) is 1.00. The van der Waals surface area contributed by atoms with Crippen molar-refractivity contribution in [2.24, 2.45) is 5.41 Å². The standard InChI is InChI=1S/C11H24N/c1-10(2)12(5)8-6-11(3,4)7-9-12/h10H,6-9H2,1-5H3/q+1. The van der Waals surface area contributed by atoms with E-state index < -0.39 is 0 Å². The molecule has 1 aliphatic rings. The molecule has 1 nitrogen and oxygen atoms in total. The Labute approximate surface area is 77.4 Å². The van der Waals surface area contributed by atoms with Crippen molar-refractivity contribution in [3.8, 4) is 0 Å². The van der Waals surface area contributed by atoms with Crippen molar-refractivity contribution in [2.75, 3.05) is 20.1 Å². The van der Waals surface area contributed by atoms with Crippen LogP contribution in [0.2, 0.25) is 0 Å². The zero-order valence-corrected chi connectivity index (χ0v) is 9.35. The quantitative estimate of drug-likeness (QED) is 0.531. The van der Waals surface area contributed by atoms with Crippen LogP contribution in [0.4, 0.5) is 0 Å². The van der Waals surface area contributed by atoms with Gasteiger partial charge in [-0.25, -0.2) is 0 Å². The third-order valence-electron chi connectivity index (χ3n) is 3.85. The highest BCUT2D eigenvalue weighted by molar-refractivity contribution is 4.72. The Bertz CT molecular complexity index is 148. The molecule has 1 rings (SSSR count). The Morgan fingerprint density at radius 2 is 1.50 bits per heavy atom. The smallest absolute Gasteiger partial charge is 0.0831 e. The largest absolute Gasteiger partial charge is 0.324 e. The highest BCUT2D eigenvalue weighted by Crippen LogP contribution is 2.33. The second kappa shape index (κ2) is 3.02. The minimum Gasteiger partial charge on any atom is -0.324 e. The van der Waals surface area contributed by atoms with E-state index in [2.05, 4.69) is 34.7 Å². The summed E-state index contributed by atoms with van der Waals surface area (Å²) in [5.74, 6) is 0. The average Bonchev–Trinajstić information content (AvgIpc) is 1.96. The lowest BCUT2D eigenvalue weighted by atomic mass is 9.81. The third-order valence-corrected chi connectivity index (χ3v) is 3.85. The van der Waals surface area contributed by atoms with Crippen LogP contribution in [0.5, 0.6) is 0 Å². The maximum Gasteiger partial charge on any atom is 0.0831 e. The maximum atomic E-state index is 2.40. The van der Waals surface area contributed by atoms with E-state index in [9.17, 15) is 0 Å². The Morgan fingerprint density at radius 1 is 1.08 bits per heavy atom. The second-order valence-corrected chi connectivity index (χ2v) is 5.68. The molecule has 1 saturated heterocycles. The lowest BCUT2D eigenvalue weighted by Crippen LogP contribution is -2.55. The number of likely N-dealkylation sites (tertiary alicyclic amines) is 1. The van der Waals surface area contributed by atoms with Crippen molar-refractivity contribution in [2.45, 2.75) is 46.6 Å². The summed E-state index contributed by atoms with van der Waals surface area (Å²) >= 11 is 0. The first-order valence-electron chi connectivity index (χ1n) is 5.20. The van der Waals surface area contributed by atoms with E-state index in [1.807, 2.05) is 0 Å². The Kier molecular flexibility index (Phi) is 2.53. The molecule has 0 radical (unpaired) electrons. The van der Waals surface area contributed by atoms with Crippen LogP contribution in [0, 0.1) is 5.41 Å². The fourth-order valence-corrected chi connectivity index (χ4v) is 1.87. The van der Waals surface area contributed by atoms with Gasteiger partial charge in [0, 0.05) is 12.8 Å². The molecule has 0 spiro atoms. The van der Waals surface area contributed by atoms with Crippen LogP contribution in [0.1, 0.15) is 40.5 Å². The second-order valence-electron chi connectivity index (χ2n) is 5.68. The van der Waals surface area contributed by atoms with Crippen LogP contribution in [0.3, 0.4) is 0 Å².